The largest absolute Gasteiger partial charge is 0.348 e. The van der Waals surface area contributed by atoms with Crippen LogP contribution in [-0.2, 0) is 13.1 Å². The van der Waals surface area contributed by atoms with E-state index in [1.807, 2.05) is 6.07 Å². The predicted octanol–water partition coefficient (Wildman–Crippen LogP) is 4.87. The summed E-state index contributed by atoms with van der Waals surface area (Å²) in [4.78, 5) is 14.6. The van der Waals surface area contributed by atoms with Crippen LogP contribution in [0.1, 0.15) is 35.3 Å². The number of benzene rings is 2. The third-order valence-electron chi connectivity index (χ3n) is 3.95. The predicted molar refractivity (Wildman–Crippen MR) is 103 cm³/mol. The van der Waals surface area contributed by atoms with Gasteiger partial charge < -0.3 is 5.32 Å². The molecule has 0 saturated carbocycles. The highest BCUT2D eigenvalue weighted by molar-refractivity contribution is 9.10. The summed E-state index contributed by atoms with van der Waals surface area (Å²) in [6.07, 6.45) is 0. The molecule has 0 fully saturated rings. The lowest BCUT2D eigenvalue weighted by molar-refractivity contribution is 0.0951. The molecule has 2 rings (SSSR count). The van der Waals surface area contributed by atoms with Gasteiger partial charge in [-0.3, -0.25) is 9.69 Å². The molecule has 0 radical (unpaired) electrons. The molecule has 0 saturated heterocycles. The van der Waals surface area contributed by atoms with E-state index in [-0.39, 0.29) is 5.91 Å². The molecule has 1 N–H and O–H groups in total. The second-order valence-electron chi connectivity index (χ2n) is 5.58. The van der Waals surface area contributed by atoms with E-state index in [1.54, 1.807) is 12.1 Å². The number of carbonyl (C=O) groups excluding carboxylic acids is 1. The van der Waals surface area contributed by atoms with Crippen molar-refractivity contribution in [3.63, 3.8) is 0 Å². The van der Waals surface area contributed by atoms with Gasteiger partial charge in [0, 0.05) is 17.6 Å². The van der Waals surface area contributed by atoms with E-state index in [2.05, 4.69) is 64.3 Å². The second kappa shape index (κ2) is 9.21. The van der Waals surface area contributed by atoms with E-state index in [9.17, 15) is 4.79 Å². The minimum absolute atomic E-state index is 0.173. The average Bonchev–Trinajstić information content (AvgIpc) is 2.60. The molecule has 2 aromatic rings. The Morgan fingerprint density at radius 1 is 1.08 bits per heavy atom. The molecule has 2 aromatic carbocycles. The van der Waals surface area contributed by atoms with Crippen LogP contribution in [0.5, 0.6) is 0 Å². The summed E-state index contributed by atoms with van der Waals surface area (Å²) in [6.45, 7) is 7.85. The maximum Gasteiger partial charge on any atom is 0.253 e. The number of hydrogen-bond donors (Lipinski definition) is 1. The molecular formula is C19H22BrClN2O. The van der Waals surface area contributed by atoms with Crippen molar-refractivity contribution in [3.8, 4) is 0 Å². The van der Waals surface area contributed by atoms with Crippen molar-refractivity contribution < 1.29 is 4.79 Å². The van der Waals surface area contributed by atoms with Crippen LogP contribution >= 0.6 is 27.5 Å². The Morgan fingerprint density at radius 2 is 1.71 bits per heavy atom. The van der Waals surface area contributed by atoms with Gasteiger partial charge >= 0.3 is 0 Å². The smallest absolute Gasteiger partial charge is 0.253 e. The number of hydrogen-bond acceptors (Lipinski definition) is 2. The summed E-state index contributed by atoms with van der Waals surface area (Å²) in [5.41, 5.74) is 2.82. The average molecular weight is 410 g/mol. The van der Waals surface area contributed by atoms with Gasteiger partial charge in [-0.2, -0.15) is 0 Å². The maximum atomic E-state index is 12.3. The molecule has 0 aliphatic carbocycles. The topological polar surface area (TPSA) is 32.3 Å². The Kier molecular flexibility index (Phi) is 7.28. The summed E-state index contributed by atoms with van der Waals surface area (Å²) < 4.78 is 0.831. The summed E-state index contributed by atoms with van der Waals surface area (Å²) in [6, 6.07) is 13.6. The van der Waals surface area contributed by atoms with Crippen molar-refractivity contribution in [1.82, 2.24) is 10.2 Å². The highest BCUT2D eigenvalue weighted by Gasteiger charge is 2.10. The van der Waals surface area contributed by atoms with Gasteiger partial charge in [-0.1, -0.05) is 65.6 Å². The van der Waals surface area contributed by atoms with Crippen LogP contribution in [0, 0.1) is 0 Å². The second-order valence-corrected chi connectivity index (χ2v) is 6.91. The first kappa shape index (κ1) is 19.0. The van der Waals surface area contributed by atoms with E-state index >= 15 is 0 Å². The Hall–Kier alpha value is -1.36. The molecule has 24 heavy (non-hydrogen) atoms. The fraction of sp³-hybridized carbons (Fsp3) is 0.316. The fourth-order valence-corrected chi connectivity index (χ4v) is 2.98. The zero-order valence-corrected chi connectivity index (χ0v) is 16.3. The Bertz CT molecular complexity index is 684. The Morgan fingerprint density at radius 3 is 2.33 bits per heavy atom. The van der Waals surface area contributed by atoms with E-state index < -0.39 is 0 Å². The summed E-state index contributed by atoms with van der Waals surface area (Å²) in [5, 5.41) is 3.36. The van der Waals surface area contributed by atoms with Gasteiger partial charge in [0.1, 0.15) is 0 Å². The van der Waals surface area contributed by atoms with Gasteiger partial charge in [-0.15, -0.1) is 0 Å². The molecule has 0 aromatic heterocycles. The van der Waals surface area contributed by atoms with Crippen LogP contribution < -0.4 is 5.32 Å². The lowest BCUT2D eigenvalue weighted by Crippen LogP contribution is -2.23. The first-order valence-electron chi connectivity index (χ1n) is 8.07. The zero-order valence-electron chi connectivity index (χ0n) is 14.0. The zero-order chi connectivity index (χ0) is 17.5. The minimum atomic E-state index is -0.173. The number of amides is 1. The first-order valence-corrected chi connectivity index (χ1v) is 9.24. The molecule has 0 unspecified atom stereocenters. The number of rotatable bonds is 7. The van der Waals surface area contributed by atoms with Crippen molar-refractivity contribution in [2.45, 2.75) is 26.9 Å². The number of carbonyl (C=O) groups is 1. The van der Waals surface area contributed by atoms with Crippen molar-refractivity contribution in [2.75, 3.05) is 13.1 Å². The van der Waals surface area contributed by atoms with Crippen LogP contribution in [0.3, 0.4) is 0 Å². The molecule has 0 bridgehead atoms. The van der Waals surface area contributed by atoms with Gasteiger partial charge in [-0.05, 0) is 42.4 Å². The van der Waals surface area contributed by atoms with Crippen LogP contribution in [0.2, 0.25) is 5.02 Å². The SMILES string of the molecule is CCN(CC)Cc1ccc(CNC(=O)c2cc(Br)ccc2Cl)cc1. The van der Waals surface area contributed by atoms with Crippen molar-refractivity contribution in [1.29, 1.82) is 0 Å². The molecule has 0 spiro atoms. The quantitative estimate of drug-likeness (QED) is 0.707. The van der Waals surface area contributed by atoms with Crippen molar-refractivity contribution >= 4 is 33.4 Å². The van der Waals surface area contributed by atoms with Crippen molar-refractivity contribution in [3.05, 3.63) is 68.7 Å². The first-order chi connectivity index (χ1) is 11.5. The fourth-order valence-electron chi connectivity index (χ4n) is 2.42. The highest BCUT2D eigenvalue weighted by atomic mass is 79.9. The van der Waals surface area contributed by atoms with Crippen LogP contribution in [0.15, 0.2) is 46.9 Å². The lowest BCUT2D eigenvalue weighted by atomic mass is 10.1. The Balaban J connectivity index is 1.94. The number of nitrogens with one attached hydrogen (secondary N) is 1. The molecule has 128 valence electrons. The van der Waals surface area contributed by atoms with E-state index in [4.69, 9.17) is 11.6 Å². The van der Waals surface area contributed by atoms with Gasteiger partial charge in [-0.25, -0.2) is 0 Å². The van der Waals surface area contributed by atoms with Crippen LogP contribution in [0.25, 0.3) is 0 Å². The molecule has 0 atom stereocenters. The lowest BCUT2D eigenvalue weighted by Gasteiger charge is -2.18. The summed E-state index contributed by atoms with van der Waals surface area (Å²) in [5.74, 6) is -0.173. The highest BCUT2D eigenvalue weighted by Crippen LogP contribution is 2.21. The third kappa shape index (κ3) is 5.33. The monoisotopic (exact) mass is 408 g/mol. The summed E-state index contributed by atoms with van der Waals surface area (Å²) in [7, 11) is 0. The van der Waals surface area contributed by atoms with Crippen LogP contribution in [-0.4, -0.2) is 23.9 Å². The number of nitrogens with zero attached hydrogens (tertiary/aromatic N) is 1. The van der Waals surface area contributed by atoms with E-state index in [1.165, 1.54) is 5.56 Å². The Labute approximate surface area is 157 Å². The standard InChI is InChI=1S/C19H22BrClN2O/c1-3-23(4-2)13-15-7-5-14(6-8-15)12-22-19(24)17-11-16(20)9-10-18(17)21/h5-11H,3-4,12-13H2,1-2H3,(H,22,24). The summed E-state index contributed by atoms with van der Waals surface area (Å²) >= 11 is 9.44. The van der Waals surface area contributed by atoms with Crippen molar-refractivity contribution in [2.24, 2.45) is 0 Å². The molecule has 3 nitrogen and oxygen atoms in total. The molecule has 0 heterocycles. The molecule has 0 aliphatic rings. The number of halogens is 2. The van der Waals surface area contributed by atoms with Gasteiger partial charge in [0.05, 0.1) is 10.6 Å². The molecule has 5 heteroatoms. The normalized spacial score (nSPS) is 10.9. The molecule has 0 aliphatic heterocycles. The minimum Gasteiger partial charge on any atom is -0.348 e. The van der Waals surface area contributed by atoms with Gasteiger partial charge in [0.25, 0.3) is 5.91 Å². The molecular weight excluding hydrogens is 388 g/mol. The van der Waals surface area contributed by atoms with Gasteiger partial charge in [0.2, 0.25) is 0 Å². The van der Waals surface area contributed by atoms with Crippen LogP contribution in [0.4, 0.5) is 0 Å². The third-order valence-corrected chi connectivity index (χ3v) is 4.77. The van der Waals surface area contributed by atoms with Gasteiger partial charge in [0.15, 0.2) is 0 Å². The molecule has 1 amide bonds. The maximum absolute atomic E-state index is 12.3. The van der Waals surface area contributed by atoms with E-state index in [0.29, 0.717) is 17.1 Å². The van der Waals surface area contributed by atoms with E-state index in [0.717, 1.165) is 29.7 Å².